The van der Waals surface area contributed by atoms with Gasteiger partial charge in [0.1, 0.15) is 11.4 Å². The summed E-state index contributed by atoms with van der Waals surface area (Å²) in [6.07, 6.45) is 2.57. The molecule has 0 unspecified atom stereocenters. The lowest BCUT2D eigenvalue weighted by Gasteiger charge is -2.03. The smallest absolute Gasteiger partial charge is 0.301 e. The average Bonchev–Trinajstić information content (AvgIpc) is 2.62. The molecule has 0 radical (unpaired) electrons. The summed E-state index contributed by atoms with van der Waals surface area (Å²) in [6, 6.07) is 3.12. The van der Waals surface area contributed by atoms with Gasteiger partial charge in [-0.2, -0.15) is 15.1 Å². The normalized spacial score (nSPS) is 11.0. The van der Waals surface area contributed by atoms with E-state index in [9.17, 15) is 20.2 Å². The SMILES string of the molecule is Nc1nc(N)c2nc(C=NNc3ccc([N+](=O)[O-])cc3[N+](=O)[O-])cnc2n1. The number of fused-ring (bicyclic) bond motifs is 1. The van der Waals surface area contributed by atoms with Crippen LogP contribution in [0.15, 0.2) is 29.5 Å². The van der Waals surface area contributed by atoms with Gasteiger partial charge in [0.15, 0.2) is 17.0 Å². The molecule has 0 fully saturated rings. The van der Waals surface area contributed by atoms with Gasteiger partial charge in [-0.3, -0.25) is 25.7 Å². The summed E-state index contributed by atoms with van der Waals surface area (Å²) in [5.41, 5.74) is 13.4. The maximum atomic E-state index is 11.1. The van der Waals surface area contributed by atoms with Gasteiger partial charge in [0.2, 0.25) is 5.95 Å². The number of hydrogen-bond donors (Lipinski definition) is 3. The van der Waals surface area contributed by atoms with Crippen LogP contribution in [0.3, 0.4) is 0 Å². The van der Waals surface area contributed by atoms with Gasteiger partial charge in [-0.25, -0.2) is 9.97 Å². The molecule has 0 spiro atoms. The molecule has 0 amide bonds. The van der Waals surface area contributed by atoms with Gasteiger partial charge in [-0.05, 0) is 6.07 Å². The van der Waals surface area contributed by atoms with E-state index in [1.807, 2.05) is 0 Å². The quantitative estimate of drug-likeness (QED) is 0.325. The number of hydrazone groups is 1. The topological polar surface area (TPSA) is 214 Å². The van der Waals surface area contributed by atoms with E-state index < -0.39 is 21.2 Å². The van der Waals surface area contributed by atoms with Crippen LogP contribution < -0.4 is 16.9 Å². The van der Waals surface area contributed by atoms with Crippen LogP contribution in [-0.2, 0) is 0 Å². The molecule has 0 bridgehead atoms. The molecule has 3 aromatic rings. The standard InChI is InChI=1S/C13H10N10O4/c14-11-10-12(20-13(15)19-11)16-4-6(18-10)5-17-21-8-2-1-7(22(24)25)3-9(8)23(26)27/h1-5,21H,(H4,14,15,16,19,20). The van der Waals surface area contributed by atoms with E-state index in [1.54, 1.807) is 0 Å². The molecular formula is C13H10N10O4. The average molecular weight is 370 g/mol. The van der Waals surface area contributed by atoms with Gasteiger partial charge in [0.25, 0.3) is 5.69 Å². The molecule has 5 N–H and O–H groups in total. The van der Waals surface area contributed by atoms with Crippen LogP contribution in [0.1, 0.15) is 5.69 Å². The fourth-order valence-corrected chi connectivity index (χ4v) is 2.07. The Hall–Kier alpha value is -4.49. The number of anilines is 3. The van der Waals surface area contributed by atoms with E-state index in [1.165, 1.54) is 18.5 Å². The predicted molar refractivity (Wildman–Crippen MR) is 94.9 cm³/mol. The fourth-order valence-electron chi connectivity index (χ4n) is 2.07. The van der Waals surface area contributed by atoms with Gasteiger partial charge in [0, 0.05) is 6.07 Å². The van der Waals surface area contributed by atoms with Crippen molar-refractivity contribution < 1.29 is 9.85 Å². The molecule has 2 aromatic heterocycles. The largest absolute Gasteiger partial charge is 0.382 e. The van der Waals surface area contributed by atoms with E-state index in [-0.39, 0.29) is 34.3 Å². The molecule has 14 nitrogen and oxygen atoms in total. The third-order valence-electron chi connectivity index (χ3n) is 3.24. The number of nitrogens with one attached hydrogen (secondary N) is 1. The number of nitro groups is 2. The number of benzene rings is 1. The minimum Gasteiger partial charge on any atom is -0.382 e. The first-order valence-corrected chi connectivity index (χ1v) is 7.13. The number of nitro benzene ring substituents is 2. The zero-order chi connectivity index (χ0) is 19.6. The molecule has 0 saturated carbocycles. The highest BCUT2D eigenvalue weighted by atomic mass is 16.6. The van der Waals surface area contributed by atoms with Crippen molar-refractivity contribution in [3.05, 3.63) is 50.3 Å². The number of nitrogen functional groups attached to an aromatic ring is 2. The van der Waals surface area contributed by atoms with Crippen LogP contribution in [0.4, 0.5) is 28.8 Å². The Balaban J connectivity index is 1.86. The van der Waals surface area contributed by atoms with Crippen molar-refractivity contribution >= 4 is 46.2 Å². The summed E-state index contributed by atoms with van der Waals surface area (Å²) in [6.45, 7) is 0. The Morgan fingerprint density at radius 3 is 2.59 bits per heavy atom. The molecule has 136 valence electrons. The van der Waals surface area contributed by atoms with Gasteiger partial charge < -0.3 is 11.5 Å². The van der Waals surface area contributed by atoms with E-state index in [0.717, 1.165) is 12.1 Å². The summed E-state index contributed by atoms with van der Waals surface area (Å²) in [5, 5.41) is 25.6. The second-order valence-electron chi connectivity index (χ2n) is 5.02. The fraction of sp³-hybridized carbons (Fsp3) is 0. The number of non-ortho nitro benzene ring substituents is 1. The van der Waals surface area contributed by atoms with Crippen molar-refractivity contribution in [3.8, 4) is 0 Å². The molecule has 27 heavy (non-hydrogen) atoms. The number of nitrogens with zero attached hydrogens (tertiary/aromatic N) is 7. The zero-order valence-corrected chi connectivity index (χ0v) is 13.3. The van der Waals surface area contributed by atoms with Crippen molar-refractivity contribution in [1.82, 2.24) is 19.9 Å². The van der Waals surface area contributed by atoms with E-state index in [0.29, 0.717) is 0 Å². The van der Waals surface area contributed by atoms with Crippen molar-refractivity contribution in [3.63, 3.8) is 0 Å². The van der Waals surface area contributed by atoms with Gasteiger partial charge in [0.05, 0.1) is 28.3 Å². The van der Waals surface area contributed by atoms with Crippen LogP contribution in [0.5, 0.6) is 0 Å². The lowest BCUT2D eigenvalue weighted by molar-refractivity contribution is -0.393. The molecule has 14 heteroatoms. The molecule has 2 heterocycles. The highest BCUT2D eigenvalue weighted by molar-refractivity contribution is 5.86. The Morgan fingerprint density at radius 2 is 1.89 bits per heavy atom. The maximum Gasteiger partial charge on any atom is 0.301 e. The van der Waals surface area contributed by atoms with Crippen molar-refractivity contribution in [1.29, 1.82) is 0 Å². The molecule has 0 saturated heterocycles. The van der Waals surface area contributed by atoms with Crippen LogP contribution in [0, 0.1) is 20.2 Å². The number of aromatic nitrogens is 4. The lowest BCUT2D eigenvalue weighted by Crippen LogP contribution is -2.04. The summed E-state index contributed by atoms with van der Waals surface area (Å²) < 4.78 is 0. The van der Waals surface area contributed by atoms with E-state index >= 15 is 0 Å². The van der Waals surface area contributed by atoms with Crippen LogP contribution >= 0.6 is 0 Å². The summed E-state index contributed by atoms with van der Waals surface area (Å²) in [7, 11) is 0. The molecular weight excluding hydrogens is 360 g/mol. The Kier molecular flexibility index (Phi) is 4.36. The Morgan fingerprint density at radius 1 is 1.11 bits per heavy atom. The first-order chi connectivity index (χ1) is 12.8. The highest BCUT2D eigenvalue weighted by Crippen LogP contribution is 2.28. The van der Waals surface area contributed by atoms with Crippen LogP contribution in [0.25, 0.3) is 11.2 Å². The monoisotopic (exact) mass is 370 g/mol. The number of rotatable bonds is 5. The van der Waals surface area contributed by atoms with Crippen molar-refractivity contribution in [2.45, 2.75) is 0 Å². The molecule has 0 atom stereocenters. The third kappa shape index (κ3) is 3.63. The first-order valence-electron chi connectivity index (χ1n) is 7.13. The predicted octanol–water partition coefficient (Wildman–Crippen LogP) is 0.847. The maximum absolute atomic E-state index is 11.1. The lowest BCUT2D eigenvalue weighted by atomic mass is 10.2. The zero-order valence-electron chi connectivity index (χ0n) is 13.3. The minimum absolute atomic E-state index is 0.0359. The number of nitrogens with two attached hydrogens (primary N) is 2. The Labute approximate surface area is 149 Å². The molecule has 0 aliphatic heterocycles. The second-order valence-corrected chi connectivity index (χ2v) is 5.02. The van der Waals surface area contributed by atoms with E-state index in [4.69, 9.17) is 11.5 Å². The summed E-state index contributed by atoms with van der Waals surface area (Å²) in [4.78, 5) is 36.2. The Bertz CT molecular complexity index is 1100. The van der Waals surface area contributed by atoms with Gasteiger partial charge in [-0.1, -0.05) is 0 Å². The van der Waals surface area contributed by atoms with Crippen LogP contribution in [0.2, 0.25) is 0 Å². The van der Waals surface area contributed by atoms with Gasteiger partial charge in [-0.15, -0.1) is 0 Å². The molecule has 3 rings (SSSR count). The van der Waals surface area contributed by atoms with Crippen LogP contribution in [-0.4, -0.2) is 36.0 Å². The van der Waals surface area contributed by atoms with Crippen molar-refractivity contribution in [2.24, 2.45) is 5.10 Å². The first kappa shape index (κ1) is 17.3. The second kappa shape index (κ2) is 6.79. The molecule has 0 aliphatic carbocycles. The minimum atomic E-state index is -0.761. The molecule has 0 aliphatic rings. The van der Waals surface area contributed by atoms with Crippen molar-refractivity contribution in [2.75, 3.05) is 16.9 Å². The molecule has 1 aromatic carbocycles. The van der Waals surface area contributed by atoms with Gasteiger partial charge >= 0.3 is 5.69 Å². The third-order valence-corrected chi connectivity index (χ3v) is 3.24. The van der Waals surface area contributed by atoms with E-state index in [2.05, 4.69) is 30.5 Å². The summed E-state index contributed by atoms with van der Waals surface area (Å²) >= 11 is 0. The summed E-state index contributed by atoms with van der Waals surface area (Å²) in [5.74, 6) is 0.00193. The number of hydrogen-bond acceptors (Lipinski definition) is 12. The highest BCUT2D eigenvalue weighted by Gasteiger charge is 2.19.